The first-order chi connectivity index (χ1) is 21.3. The number of likely N-dealkylation sites (tertiary alicyclic amines) is 1. The van der Waals surface area contributed by atoms with E-state index >= 15 is 0 Å². The van der Waals surface area contributed by atoms with Crippen LogP contribution in [0.15, 0.2) is 30.3 Å². The van der Waals surface area contributed by atoms with Crippen LogP contribution in [0.2, 0.25) is 0 Å². The number of methoxy groups -OCH3 is 2. The fourth-order valence-electron chi connectivity index (χ4n) is 5.73. The van der Waals surface area contributed by atoms with Crippen LogP contribution in [0, 0.1) is 11.8 Å². The average molecular weight is 634 g/mol. The van der Waals surface area contributed by atoms with Crippen molar-refractivity contribution in [3.63, 3.8) is 0 Å². The fraction of sp³-hybridized carbons (Fsp3) is 0.778. The highest BCUT2D eigenvalue weighted by Gasteiger charge is 2.27. The number of carbonyl (C=O) groups excluding carboxylic acids is 2. The lowest BCUT2D eigenvalue weighted by Gasteiger charge is -2.35. The third-order valence-corrected chi connectivity index (χ3v) is 8.07. The second kappa shape index (κ2) is 20.0. The Morgan fingerprint density at radius 2 is 1.16 bits per heavy atom. The van der Waals surface area contributed by atoms with Crippen LogP contribution in [-0.2, 0) is 25.5 Å². The van der Waals surface area contributed by atoms with Gasteiger partial charge in [0.2, 0.25) is 0 Å². The van der Waals surface area contributed by atoms with Crippen molar-refractivity contribution in [2.75, 3.05) is 66.7 Å². The second-order valence-corrected chi connectivity index (χ2v) is 14.5. The van der Waals surface area contributed by atoms with Crippen molar-refractivity contribution in [2.24, 2.45) is 11.8 Å². The van der Waals surface area contributed by atoms with Gasteiger partial charge < -0.3 is 28.7 Å². The molecule has 2 amide bonds. The molecule has 1 aromatic carbocycles. The van der Waals surface area contributed by atoms with Crippen LogP contribution in [-0.4, -0.2) is 105 Å². The third kappa shape index (κ3) is 17.2. The molecule has 1 saturated heterocycles. The minimum absolute atomic E-state index is 0.213. The van der Waals surface area contributed by atoms with Crippen LogP contribution >= 0.6 is 0 Å². The van der Waals surface area contributed by atoms with Gasteiger partial charge in [-0.3, -0.25) is 4.90 Å². The molecule has 3 rings (SSSR count). The molecule has 0 N–H and O–H groups in total. The Balaban J connectivity index is 0.000000330. The highest BCUT2D eigenvalue weighted by Crippen LogP contribution is 2.25. The third-order valence-electron chi connectivity index (χ3n) is 8.07. The molecule has 1 heterocycles. The topological polar surface area (TPSA) is 80.8 Å². The van der Waals surface area contributed by atoms with E-state index in [4.69, 9.17) is 18.9 Å². The molecule has 258 valence electrons. The molecule has 9 heteroatoms. The largest absolute Gasteiger partial charge is 0.444 e. The van der Waals surface area contributed by atoms with Crippen molar-refractivity contribution in [1.82, 2.24) is 14.7 Å². The number of nitrogens with zero attached hydrogens (tertiary/aromatic N) is 3. The first-order valence-corrected chi connectivity index (χ1v) is 17.0. The monoisotopic (exact) mass is 633 g/mol. The lowest BCUT2D eigenvalue weighted by atomic mass is 9.89. The summed E-state index contributed by atoms with van der Waals surface area (Å²) in [5.74, 6) is 1.14. The molecule has 45 heavy (non-hydrogen) atoms. The van der Waals surface area contributed by atoms with Crippen molar-refractivity contribution < 1.29 is 28.5 Å². The van der Waals surface area contributed by atoms with Gasteiger partial charge in [0.1, 0.15) is 11.2 Å². The summed E-state index contributed by atoms with van der Waals surface area (Å²) >= 11 is 0. The van der Waals surface area contributed by atoms with E-state index in [-0.39, 0.29) is 12.2 Å². The van der Waals surface area contributed by atoms with E-state index < -0.39 is 11.2 Å². The predicted molar refractivity (Wildman–Crippen MR) is 180 cm³/mol. The zero-order chi connectivity index (χ0) is 33.3. The van der Waals surface area contributed by atoms with Crippen molar-refractivity contribution in [3.8, 4) is 0 Å². The summed E-state index contributed by atoms with van der Waals surface area (Å²) in [4.78, 5) is 30.8. The number of benzene rings is 1. The summed E-state index contributed by atoms with van der Waals surface area (Å²) in [5, 5.41) is 0. The van der Waals surface area contributed by atoms with E-state index in [1.165, 1.54) is 37.7 Å². The maximum atomic E-state index is 12.5. The maximum absolute atomic E-state index is 12.5. The van der Waals surface area contributed by atoms with Gasteiger partial charge in [0.25, 0.3) is 0 Å². The van der Waals surface area contributed by atoms with Gasteiger partial charge in [-0.25, -0.2) is 9.59 Å². The summed E-state index contributed by atoms with van der Waals surface area (Å²) in [6.45, 7) is 18.4. The molecule has 1 saturated carbocycles. The predicted octanol–water partition coefficient (Wildman–Crippen LogP) is 7.23. The van der Waals surface area contributed by atoms with Crippen LogP contribution in [0.1, 0.15) is 92.1 Å². The highest BCUT2D eigenvalue weighted by molar-refractivity contribution is 5.68. The smallest absolute Gasteiger partial charge is 0.410 e. The zero-order valence-electron chi connectivity index (χ0n) is 29.6. The first-order valence-electron chi connectivity index (χ1n) is 17.0. The number of piperidine rings is 1. The van der Waals surface area contributed by atoms with Crippen molar-refractivity contribution in [3.05, 3.63) is 35.9 Å². The Morgan fingerprint density at radius 3 is 1.58 bits per heavy atom. The lowest BCUT2D eigenvalue weighted by Crippen LogP contribution is -2.43. The average Bonchev–Trinajstić information content (AvgIpc) is 2.98. The Labute approximate surface area is 273 Å². The van der Waals surface area contributed by atoms with E-state index in [1.807, 2.05) is 51.3 Å². The number of ether oxygens (including phenoxy) is 4. The second-order valence-electron chi connectivity index (χ2n) is 14.5. The van der Waals surface area contributed by atoms with Crippen LogP contribution in [0.5, 0.6) is 0 Å². The molecule has 0 bridgehead atoms. The highest BCUT2D eigenvalue weighted by atomic mass is 16.6. The molecule has 1 aliphatic heterocycles. The standard InChI is InChI=1S/C21H34N2O3.C15H29NO3/c1-21(2,3)26-20(24)23(14-15-25-4)17-19-10-12-22(13-11-19)16-18-8-6-5-7-9-18;1-15(2,3)19-14(17)16(10-11-18-4)12-13-8-6-5-7-9-13/h5-9,19H,10-17H2,1-4H3;13H,5-12H2,1-4H3. The summed E-state index contributed by atoms with van der Waals surface area (Å²) < 4.78 is 21.3. The minimum atomic E-state index is -0.471. The maximum Gasteiger partial charge on any atom is 0.410 e. The van der Waals surface area contributed by atoms with Gasteiger partial charge in [-0.05, 0) is 97.7 Å². The van der Waals surface area contributed by atoms with E-state index in [0.29, 0.717) is 38.1 Å². The number of rotatable bonds is 12. The molecule has 0 aromatic heterocycles. The minimum Gasteiger partial charge on any atom is -0.444 e. The van der Waals surface area contributed by atoms with Crippen LogP contribution in [0.3, 0.4) is 0 Å². The molecule has 0 spiro atoms. The van der Waals surface area contributed by atoms with Gasteiger partial charge in [0, 0.05) is 46.9 Å². The first kappa shape index (κ1) is 38.8. The lowest BCUT2D eigenvalue weighted by molar-refractivity contribution is 0.0137. The summed E-state index contributed by atoms with van der Waals surface area (Å²) in [7, 11) is 3.32. The molecule has 2 aliphatic rings. The van der Waals surface area contributed by atoms with Gasteiger partial charge >= 0.3 is 12.2 Å². The van der Waals surface area contributed by atoms with Gasteiger partial charge in [-0.2, -0.15) is 0 Å². The fourth-order valence-corrected chi connectivity index (χ4v) is 5.73. The molecule has 2 fully saturated rings. The zero-order valence-corrected chi connectivity index (χ0v) is 29.6. The van der Waals surface area contributed by atoms with E-state index in [0.717, 1.165) is 45.6 Å². The van der Waals surface area contributed by atoms with Crippen LogP contribution in [0.25, 0.3) is 0 Å². The van der Waals surface area contributed by atoms with Crippen LogP contribution in [0.4, 0.5) is 9.59 Å². The Bertz CT molecular complexity index is 948. The molecule has 1 aromatic rings. The number of hydrogen-bond acceptors (Lipinski definition) is 7. The molecular formula is C36H63N3O6. The molecule has 1 aliphatic carbocycles. The molecule has 9 nitrogen and oxygen atoms in total. The molecule has 0 unspecified atom stereocenters. The Hall–Kier alpha value is -2.36. The quantitative estimate of drug-likeness (QED) is 0.240. The number of amides is 2. The molecule has 0 radical (unpaired) electrons. The SMILES string of the molecule is COCCN(CC1CCCCC1)C(=O)OC(C)(C)C.COCCN(CC1CCN(Cc2ccccc2)CC1)C(=O)OC(C)(C)C. The van der Waals surface area contributed by atoms with E-state index in [1.54, 1.807) is 14.2 Å². The summed E-state index contributed by atoms with van der Waals surface area (Å²) in [5.41, 5.74) is 0.456. The Kier molecular flexibility index (Phi) is 17.3. The molecule has 0 atom stereocenters. The van der Waals surface area contributed by atoms with Crippen molar-refractivity contribution in [1.29, 1.82) is 0 Å². The Morgan fingerprint density at radius 1 is 0.711 bits per heavy atom. The van der Waals surface area contributed by atoms with Crippen LogP contribution < -0.4 is 0 Å². The normalized spacial score (nSPS) is 16.8. The number of hydrogen-bond donors (Lipinski definition) is 0. The van der Waals surface area contributed by atoms with E-state index in [2.05, 4.69) is 35.2 Å². The van der Waals surface area contributed by atoms with Gasteiger partial charge in [-0.1, -0.05) is 49.6 Å². The van der Waals surface area contributed by atoms with Crippen molar-refractivity contribution >= 4 is 12.2 Å². The summed E-state index contributed by atoms with van der Waals surface area (Å²) in [6.07, 6.45) is 8.14. The van der Waals surface area contributed by atoms with E-state index in [9.17, 15) is 9.59 Å². The van der Waals surface area contributed by atoms with Gasteiger partial charge in [0.05, 0.1) is 13.2 Å². The number of carbonyl (C=O) groups is 2. The van der Waals surface area contributed by atoms with Crippen molar-refractivity contribution in [2.45, 2.75) is 104 Å². The van der Waals surface area contributed by atoms with Gasteiger partial charge in [0.15, 0.2) is 0 Å². The van der Waals surface area contributed by atoms with Gasteiger partial charge in [-0.15, -0.1) is 0 Å². The summed E-state index contributed by atoms with van der Waals surface area (Å²) in [6, 6.07) is 10.6. The molecular weight excluding hydrogens is 570 g/mol.